The summed E-state index contributed by atoms with van der Waals surface area (Å²) in [7, 11) is 0.936. The summed E-state index contributed by atoms with van der Waals surface area (Å²) in [5.41, 5.74) is -2.31. The molecule has 13 heteroatoms. The lowest BCUT2D eigenvalue weighted by molar-refractivity contribution is -0.385. The molecule has 0 spiro atoms. The fourth-order valence-corrected chi connectivity index (χ4v) is 2.04. The van der Waals surface area contributed by atoms with Gasteiger partial charge in [-0.1, -0.05) is 0 Å². The second-order valence-corrected chi connectivity index (χ2v) is 5.22. The molecule has 0 atom stereocenters. The van der Waals surface area contributed by atoms with Gasteiger partial charge in [-0.15, -0.1) is 0 Å². The van der Waals surface area contributed by atoms with Gasteiger partial charge in [0.2, 0.25) is 5.75 Å². The van der Waals surface area contributed by atoms with Crippen LogP contribution in [-0.4, -0.2) is 30.1 Å². The number of carbonyl (C=O) groups excluding carboxylic acids is 2. The summed E-state index contributed by atoms with van der Waals surface area (Å²) in [4.78, 5) is 32.6. The van der Waals surface area contributed by atoms with Crippen LogP contribution in [0.15, 0.2) is 30.3 Å². The van der Waals surface area contributed by atoms with Gasteiger partial charge in [-0.2, -0.15) is 13.2 Å². The molecule has 0 saturated carbocycles. The molecule has 1 amide bonds. The van der Waals surface area contributed by atoms with Crippen LogP contribution < -0.4 is 10.1 Å². The van der Waals surface area contributed by atoms with E-state index in [1.54, 1.807) is 0 Å². The first-order valence-electron chi connectivity index (χ1n) is 7.36. The van der Waals surface area contributed by atoms with E-state index in [0.29, 0.717) is 12.1 Å². The van der Waals surface area contributed by atoms with Gasteiger partial charge in [-0.05, 0) is 18.2 Å². The van der Waals surface area contributed by atoms with Crippen molar-refractivity contribution < 1.29 is 45.9 Å². The van der Waals surface area contributed by atoms with E-state index < -0.39 is 63.0 Å². The van der Waals surface area contributed by atoms with E-state index in [1.807, 2.05) is 0 Å². The second-order valence-electron chi connectivity index (χ2n) is 5.22. The molecule has 29 heavy (non-hydrogen) atoms. The zero-order valence-electron chi connectivity index (χ0n) is 14.2. The molecule has 0 unspecified atom stereocenters. The number of nitrogens with zero attached hydrogens (tertiary/aromatic N) is 1. The minimum Gasteiger partial charge on any atom is -0.465 e. The Morgan fingerprint density at radius 2 is 1.79 bits per heavy atom. The van der Waals surface area contributed by atoms with Gasteiger partial charge >= 0.3 is 18.1 Å². The summed E-state index contributed by atoms with van der Waals surface area (Å²) >= 11 is 0. The lowest BCUT2D eigenvalue weighted by atomic mass is 10.1. The highest BCUT2D eigenvalue weighted by Gasteiger charge is 2.39. The Labute approximate surface area is 158 Å². The number of carbonyl (C=O) groups is 2. The third kappa shape index (κ3) is 4.75. The summed E-state index contributed by atoms with van der Waals surface area (Å²) in [5, 5.41) is 12.2. The fourth-order valence-electron chi connectivity index (χ4n) is 2.04. The third-order valence-electron chi connectivity index (χ3n) is 3.34. The van der Waals surface area contributed by atoms with Crippen LogP contribution in [0.4, 0.5) is 33.3 Å². The summed E-state index contributed by atoms with van der Waals surface area (Å²) < 4.78 is 74.5. The molecule has 154 valence electrons. The highest BCUT2D eigenvalue weighted by Crippen LogP contribution is 2.34. The minimum atomic E-state index is -5.32. The standard InChI is InChI=1S/C16H9F5N2O6/c1-28-14(24)8-6-7(2-5-11(8)23(26)27)29-13-9(17)3-4-10(12(13)18)22-15(25)16(19,20)21/h2-6H,1H3,(H,22,25). The van der Waals surface area contributed by atoms with Crippen molar-refractivity contribution in [3.05, 3.63) is 57.6 Å². The van der Waals surface area contributed by atoms with Gasteiger partial charge in [0.05, 0.1) is 17.7 Å². The Bertz CT molecular complexity index is 992. The number of hydrogen-bond acceptors (Lipinski definition) is 6. The maximum absolute atomic E-state index is 14.4. The van der Waals surface area contributed by atoms with Crippen molar-refractivity contribution in [2.45, 2.75) is 6.18 Å². The number of hydrogen-bond donors (Lipinski definition) is 1. The Balaban J connectivity index is 2.44. The monoisotopic (exact) mass is 420 g/mol. The van der Waals surface area contributed by atoms with Gasteiger partial charge in [0, 0.05) is 12.1 Å². The normalized spacial score (nSPS) is 11.0. The average molecular weight is 420 g/mol. The molecular weight excluding hydrogens is 411 g/mol. The Morgan fingerprint density at radius 1 is 1.14 bits per heavy atom. The number of nitrogens with one attached hydrogen (secondary N) is 1. The number of benzene rings is 2. The third-order valence-corrected chi connectivity index (χ3v) is 3.34. The maximum atomic E-state index is 14.4. The predicted octanol–water partition coefficient (Wildman–Crippen LogP) is 3.95. The van der Waals surface area contributed by atoms with E-state index in [2.05, 4.69) is 4.74 Å². The minimum absolute atomic E-state index is 0.465. The Morgan fingerprint density at radius 3 is 2.34 bits per heavy atom. The maximum Gasteiger partial charge on any atom is 0.471 e. The molecule has 0 aromatic heterocycles. The summed E-state index contributed by atoms with van der Waals surface area (Å²) in [6, 6.07) is 3.51. The molecule has 0 radical (unpaired) electrons. The van der Waals surface area contributed by atoms with Gasteiger partial charge in [0.25, 0.3) is 5.69 Å². The number of anilines is 1. The molecule has 0 aliphatic carbocycles. The summed E-state index contributed by atoms with van der Waals surface area (Å²) in [6.45, 7) is 0. The molecule has 0 saturated heterocycles. The number of halogens is 5. The SMILES string of the molecule is COC(=O)c1cc(Oc2c(F)ccc(NC(=O)C(F)(F)F)c2F)ccc1[N+](=O)[O-]. The van der Waals surface area contributed by atoms with Crippen LogP contribution in [0.2, 0.25) is 0 Å². The predicted molar refractivity (Wildman–Crippen MR) is 85.6 cm³/mol. The zero-order valence-corrected chi connectivity index (χ0v) is 14.2. The molecule has 8 nitrogen and oxygen atoms in total. The molecule has 0 fully saturated rings. The zero-order chi connectivity index (χ0) is 21.9. The van der Waals surface area contributed by atoms with Crippen molar-refractivity contribution in [3.63, 3.8) is 0 Å². The van der Waals surface area contributed by atoms with Gasteiger partial charge in [-0.3, -0.25) is 14.9 Å². The second kappa shape index (κ2) is 8.08. The van der Waals surface area contributed by atoms with Crippen LogP contribution in [-0.2, 0) is 9.53 Å². The van der Waals surface area contributed by atoms with Crippen molar-refractivity contribution in [3.8, 4) is 11.5 Å². The van der Waals surface area contributed by atoms with Gasteiger partial charge in [0.15, 0.2) is 11.6 Å². The number of rotatable bonds is 5. The first kappa shape index (κ1) is 21.5. The van der Waals surface area contributed by atoms with Crippen LogP contribution in [0, 0.1) is 21.7 Å². The summed E-state index contributed by atoms with van der Waals surface area (Å²) in [6.07, 6.45) is -5.32. The molecule has 2 aromatic carbocycles. The highest BCUT2D eigenvalue weighted by molar-refractivity contribution is 5.95. The highest BCUT2D eigenvalue weighted by atomic mass is 19.4. The first-order chi connectivity index (χ1) is 13.5. The van der Waals surface area contributed by atoms with Gasteiger partial charge in [-0.25, -0.2) is 13.6 Å². The number of ether oxygens (including phenoxy) is 2. The van der Waals surface area contributed by atoms with Crippen molar-refractivity contribution in [2.24, 2.45) is 0 Å². The van der Waals surface area contributed by atoms with Gasteiger partial charge in [0.1, 0.15) is 11.3 Å². The fraction of sp³-hybridized carbons (Fsp3) is 0.125. The Hall–Kier alpha value is -3.77. The number of nitro groups is 1. The van der Waals surface area contributed by atoms with Crippen LogP contribution >= 0.6 is 0 Å². The Kier molecular flexibility index (Phi) is 6.00. The van der Waals surface area contributed by atoms with Crippen molar-refractivity contribution in [2.75, 3.05) is 12.4 Å². The molecule has 0 aliphatic heterocycles. The largest absolute Gasteiger partial charge is 0.471 e. The van der Waals surface area contributed by atoms with E-state index in [1.165, 1.54) is 5.32 Å². The molecule has 1 N–H and O–H groups in total. The number of alkyl halides is 3. The van der Waals surface area contributed by atoms with Crippen LogP contribution in [0.5, 0.6) is 11.5 Å². The van der Waals surface area contributed by atoms with E-state index in [9.17, 15) is 41.7 Å². The molecule has 0 bridgehead atoms. The summed E-state index contributed by atoms with van der Waals surface area (Å²) in [5.74, 6) is -8.36. The molecule has 0 aliphatic rings. The van der Waals surface area contributed by atoms with Crippen LogP contribution in [0.25, 0.3) is 0 Å². The van der Waals surface area contributed by atoms with Crippen molar-refractivity contribution in [1.82, 2.24) is 0 Å². The van der Waals surface area contributed by atoms with Gasteiger partial charge < -0.3 is 14.8 Å². The number of esters is 1. The van der Waals surface area contributed by atoms with E-state index in [0.717, 1.165) is 25.3 Å². The average Bonchev–Trinajstić information content (AvgIpc) is 2.65. The van der Waals surface area contributed by atoms with Crippen LogP contribution in [0.3, 0.4) is 0 Å². The number of amides is 1. The van der Waals surface area contributed by atoms with Crippen LogP contribution in [0.1, 0.15) is 10.4 Å². The number of nitro benzene ring substituents is 1. The quantitative estimate of drug-likeness (QED) is 0.340. The number of methoxy groups -OCH3 is 1. The smallest absolute Gasteiger partial charge is 0.465 e. The molecule has 2 aromatic rings. The molecular formula is C16H9F5N2O6. The van der Waals surface area contributed by atoms with E-state index >= 15 is 0 Å². The molecule has 2 rings (SSSR count). The van der Waals surface area contributed by atoms with E-state index in [-0.39, 0.29) is 0 Å². The lowest BCUT2D eigenvalue weighted by Crippen LogP contribution is -2.30. The van der Waals surface area contributed by atoms with Crippen molar-refractivity contribution in [1.29, 1.82) is 0 Å². The molecule has 0 heterocycles. The lowest BCUT2D eigenvalue weighted by Gasteiger charge is -2.13. The first-order valence-corrected chi connectivity index (χ1v) is 7.36. The van der Waals surface area contributed by atoms with E-state index in [4.69, 9.17) is 4.74 Å². The van der Waals surface area contributed by atoms with Crippen molar-refractivity contribution >= 4 is 23.3 Å². The topological polar surface area (TPSA) is 108 Å².